The van der Waals surface area contributed by atoms with E-state index in [9.17, 15) is 13.2 Å². The molecule has 6 nitrogen and oxygen atoms in total. The van der Waals surface area contributed by atoms with Crippen molar-refractivity contribution >= 4 is 49.1 Å². The van der Waals surface area contributed by atoms with Gasteiger partial charge in [0.15, 0.2) is 0 Å². The summed E-state index contributed by atoms with van der Waals surface area (Å²) in [7, 11) is -2.93. The van der Waals surface area contributed by atoms with E-state index < -0.39 is 9.84 Å². The maximum absolute atomic E-state index is 12.4. The number of nitrogens with zero attached hydrogens (tertiary/aromatic N) is 3. The SMILES string of the molecule is CS(=O)(=O)CCN1CCN(C(=O)CSCc2nc3ccccc3s2)CC1. The van der Waals surface area contributed by atoms with Gasteiger partial charge in [-0.05, 0) is 12.1 Å². The topological polar surface area (TPSA) is 70.6 Å². The number of sulfone groups is 1. The lowest BCUT2D eigenvalue weighted by atomic mass is 10.3. The van der Waals surface area contributed by atoms with Crippen LogP contribution in [0, 0.1) is 0 Å². The van der Waals surface area contributed by atoms with Gasteiger partial charge in [-0.1, -0.05) is 12.1 Å². The van der Waals surface area contributed by atoms with Crippen molar-refractivity contribution < 1.29 is 13.2 Å². The number of carbonyl (C=O) groups excluding carboxylic acids is 1. The molecule has 3 rings (SSSR count). The Morgan fingerprint density at radius 3 is 2.65 bits per heavy atom. The lowest BCUT2D eigenvalue weighted by Crippen LogP contribution is -2.50. The van der Waals surface area contributed by atoms with E-state index in [2.05, 4.69) is 16.0 Å². The van der Waals surface area contributed by atoms with Crippen LogP contribution >= 0.6 is 23.1 Å². The summed E-state index contributed by atoms with van der Waals surface area (Å²) in [6.07, 6.45) is 1.26. The number of amides is 1. The van der Waals surface area contributed by atoms with E-state index in [1.807, 2.05) is 23.1 Å². The van der Waals surface area contributed by atoms with Crippen LogP contribution in [-0.2, 0) is 20.4 Å². The van der Waals surface area contributed by atoms with E-state index in [1.165, 1.54) is 11.0 Å². The standard InChI is InChI=1S/C17H23N3O3S3/c1-26(22,23)11-10-19-6-8-20(9-7-19)17(21)13-24-12-16-18-14-4-2-3-5-15(14)25-16/h2-5H,6-13H2,1H3. The molecule has 9 heteroatoms. The average Bonchev–Trinajstić information content (AvgIpc) is 3.02. The fourth-order valence-corrected chi connectivity index (χ4v) is 5.35. The molecule has 0 atom stereocenters. The van der Waals surface area contributed by atoms with Crippen molar-refractivity contribution in [2.75, 3.05) is 50.5 Å². The van der Waals surface area contributed by atoms with Gasteiger partial charge >= 0.3 is 0 Å². The Kier molecular flexibility index (Phi) is 6.55. The highest BCUT2D eigenvalue weighted by molar-refractivity contribution is 7.99. The predicted octanol–water partition coefficient (Wildman–Crippen LogP) is 1.72. The number of piperazine rings is 1. The van der Waals surface area contributed by atoms with E-state index in [-0.39, 0.29) is 11.7 Å². The molecule has 0 saturated carbocycles. The van der Waals surface area contributed by atoms with Crippen LogP contribution in [0.15, 0.2) is 24.3 Å². The van der Waals surface area contributed by atoms with E-state index in [1.54, 1.807) is 23.1 Å². The summed E-state index contributed by atoms with van der Waals surface area (Å²) < 4.78 is 23.7. The molecular formula is C17H23N3O3S3. The molecule has 1 aromatic heterocycles. The van der Waals surface area contributed by atoms with Gasteiger partial charge in [0.1, 0.15) is 14.8 Å². The second-order valence-corrected chi connectivity index (χ2v) is 10.8. The van der Waals surface area contributed by atoms with Gasteiger partial charge in [-0.25, -0.2) is 13.4 Å². The number of para-hydroxylation sites is 1. The number of thioether (sulfide) groups is 1. The molecule has 1 fully saturated rings. The van der Waals surface area contributed by atoms with Crippen LogP contribution in [0.2, 0.25) is 0 Å². The molecule has 26 heavy (non-hydrogen) atoms. The first-order valence-electron chi connectivity index (χ1n) is 8.51. The molecule has 2 heterocycles. The Morgan fingerprint density at radius 2 is 1.96 bits per heavy atom. The van der Waals surface area contributed by atoms with Crippen LogP contribution < -0.4 is 0 Å². The second-order valence-electron chi connectivity index (χ2n) is 6.42. The first kappa shape index (κ1) is 19.6. The third-order valence-corrected chi connectivity index (χ3v) is 7.36. The third kappa shape index (κ3) is 5.67. The molecule has 0 unspecified atom stereocenters. The summed E-state index contributed by atoms with van der Waals surface area (Å²) in [6, 6.07) is 8.07. The quantitative estimate of drug-likeness (QED) is 0.688. The number of rotatable bonds is 7. The fraction of sp³-hybridized carbons (Fsp3) is 0.529. The summed E-state index contributed by atoms with van der Waals surface area (Å²) in [5, 5.41) is 1.05. The second kappa shape index (κ2) is 8.69. The maximum Gasteiger partial charge on any atom is 0.232 e. The zero-order valence-electron chi connectivity index (χ0n) is 14.8. The fourth-order valence-electron chi connectivity index (χ4n) is 2.81. The number of aromatic nitrogens is 1. The maximum atomic E-state index is 12.4. The van der Waals surface area contributed by atoms with Crippen molar-refractivity contribution in [3.8, 4) is 0 Å². The molecule has 0 spiro atoms. The monoisotopic (exact) mass is 413 g/mol. The molecule has 0 radical (unpaired) electrons. The van der Waals surface area contributed by atoms with E-state index in [4.69, 9.17) is 0 Å². The van der Waals surface area contributed by atoms with Crippen molar-refractivity contribution in [1.82, 2.24) is 14.8 Å². The smallest absolute Gasteiger partial charge is 0.232 e. The minimum absolute atomic E-state index is 0.152. The molecule has 142 valence electrons. The normalized spacial score (nSPS) is 16.3. The third-order valence-electron chi connectivity index (χ3n) is 4.29. The Labute approximate surface area is 162 Å². The molecule has 0 N–H and O–H groups in total. The Bertz CT molecular complexity index is 825. The van der Waals surface area contributed by atoms with Gasteiger partial charge in [0.2, 0.25) is 5.91 Å². The number of carbonyl (C=O) groups is 1. The van der Waals surface area contributed by atoms with Crippen molar-refractivity contribution in [3.05, 3.63) is 29.3 Å². The van der Waals surface area contributed by atoms with Gasteiger partial charge in [-0.3, -0.25) is 9.69 Å². The van der Waals surface area contributed by atoms with Crippen LogP contribution in [0.1, 0.15) is 5.01 Å². The largest absolute Gasteiger partial charge is 0.339 e. The minimum atomic E-state index is -2.93. The Morgan fingerprint density at radius 1 is 1.23 bits per heavy atom. The van der Waals surface area contributed by atoms with Crippen molar-refractivity contribution in [2.24, 2.45) is 0 Å². The number of thiazole rings is 1. The summed E-state index contributed by atoms with van der Waals surface area (Å²) in [5.74, 6) is 1.54. The lowest BCUT2D eigenvalue weighted by Gasteiger charge is -2.34. The van der Waals surface area contributed by atoms with Gasteiger partial charge < -0.3 is 4.90 Å². The van der Waals surface area contributed by atoms with Crippen LogP contribution in [0.25, 0.3) is 10.2 Å². The van der Waals surface area contributed by atoms with E-state index in [0.717, 1.165) is 29.4 Å². The van der Waals surface area contributed by atoms with Crippen LogP contribution in [0.3, 0.4) is 0 Å². The Hall–Kier alpha value is -1.16. The first-order chi connectivity index (χ1) is 12.4. The van der Waals surface area contributed by atoms with Crippen LogP contribution in [0.4, 0.5) is 0 Å². The molecule has 1 aliphatic heterocycles. The Balaban J connectivity index is 1.39. The summed E-state index contributed by atoms with van der Waals surface area (Å²) >= 11 is 3.28. The van der Waals surface area contributed by atoms with E-state index >= 15 is 0 Å². The number of fused-ring (bicyclic) bond motifs is 1. The highest BCUT2D eigenvalue weighted by atomic mass is 32.2. The molecule has 2 aromatic rings. The zero-order valence-corrected chi connectivity index (χ0v) is 17.2. The summed E-state index contributed by atoms with van der Waals surface area (Å²) in [5.41, 5.74) is 1.02. The van der Waals surface area contributed by atoms with Crippen molar-refractivity contribution in [3.63, 3.8) is 0 Å². The average molecular weight is 414 g/mol. The first-order valence-corrected chi connectivity index (χ1v) is 12.5. The van der Waals surface area contributed by atoms with Crippen molar-refractivity contribution in [2.45, 2.75) is 5.75 Å². The van der Waals surface area contributed by atoms with Gasteiger partial charge in [0.05, 0.1) is 21.7 Å². The molecule has 1 aromatic carbocycles. The molecule has 1 aliphatic rings. The molecule has 0 bridgehead atoms. The molecular weight excluding hydrogens is 390 g/mol. The molecule has 1 amide bonds. The van der Waals surface area contributed by atoms with Crippen LogP contribution in [0.5, 0.6) is 0 Å². The lowest BCUT2D eigenvalue weighted by molar-refractivity contribution is -0.130. The van der Waals surface area contributed by atoms with Crippen LogP contribution in [-0.4, -0.2) is 79.6 Å². The highest BCUT2D eigenvalue weighted by Crippen LogP contribution is 2.24. The number of benzene rings is 1. The van der Waals surface area contributed by atoms with Crippen molar-refractivity contribution in [1.29, 1.82) is 0 Å². The van der Waals surface area contributed by atoms with Gasteiger partial charge in [0.25, 0.3) is 0 Å². The number of hydrogen-bond donors (Lipinski definition) is 0. The molecule has 1 saturated heterocycles. The number of hydrogen-bond acceptors (Lipinski definition) is 7. The molecule has 0 aliphatic carbocycles. The highest BCUT2D eigenvalue weighted by Gasteiger charge is 2.21. The van der Waals surface area contributed by atoms with Gasteiger partial charge in [-0.2, -0.15) is 0 Å². The predicted molar refractivity (Wildman–Crippen MR) is 109 cm³/mol. The summed E-state index contributed by atoms with van der Waals surface area (Å²) in [6.45, 7) is 3.37. The van der Waals surface area contributed by atoms with Gasteiger partial charge in [0, 0.05) is 44.7 Å². The van der Waals surface area contributed by atoms with Gasteiger partial charge in [-0.15, -0.1) is 23.1 Å². The van der Waals surface area contributed by atoms with E-state index in [0.29, 0.717) is 25.4 Å². The minimum Gasteiger partial charge on any atom is -0.339 e. The zero-order chi connectivity index (χ0) is 18.6. The summed E-state index contributed by atoms with van der Waals surface area (Å²) in [4.78, 5) is 20.9.